The summed E-state index contributed by atoms with van der Waals surface area (Å²) in [5, 5.41) is 9.91. The number of furan rings is 1. The zero-order valence-corrected chi connectivity index (χ0v) is 13.0. The molecule has 1 aliphatic heterocycles. The number of hydrogen-bond donors (Lipinski definition) is 1. The first-order chi connectivity index (χ1) is 9.97. The minimum atomic E-state index is -0.851. The zero-order chi connectivity index (χ0) is 15.1. The fourth-order valence-electron chi connectivity index (χ4n) is 2.69. The molecule has 1 amide bonds. The number of carboxylic acids is 1. The van der Waals surface area contributed by atoms with E-state index >= 15 is 0 Å². The van der Waals surface area contributed by atoms with Gasteiger partial charge in [-0.2, -0.15) is 0 Å². The number of likely N-dealkylation sites (tertiary alicyclic amines) is 1. The third-order valence-corrected chi connectivity index (χ3v) is 4.41. The summed E-state index contributed by atoms with van der Waals surface area (Å²) in [6, 6.07) is 5.58. The maximum atomic E-state index is 12.5. The van der Waals surface area contributed by atoms with Crippen LogP contribution in [0.25, 0.3) is 11.0 Å². The third kappa shape index (κ3) is 2.44. The maximum Gasteiger partial charge on any atom is 0.308 e. The van der Waals surface area contributed by atoms with E-state index in [0.29, 0.717) is 24.3 Å². The van der Waals surface area contributed by atoms with Gasteiger partial charge in [-0.05, 0) is 31.5 Å². The lowest BCUT2D eigenvalue weighted by Gasteiger charge is -2.14. The average molecular weight is 352 g/mol. The second-order valence-corrected chi connectivity index (χ2v) is 6.19. The highest BCUT2D eigenvalue weighted by Gasteiger charge is 2.33. The summed E-state index contributed by atoms with van der Waals surface area (Å²) >= 11 is 3.40. The van der Waals surface area contributed by atoms with Crippen LogP contribution in [0.2, 0.25) is 0 Å². The molecule has 1 saturated heterocycles. The molecular formula is C15H14BrNO4. The van der Waals surface area contributed by atoms with E-state index in [0.717, 1.165) is 15.4 Å². The standard InChI is InChI=1S/C15H14BrNO4/c1-8-11-6-10(16)2-3-12(11)21-13(8)14(18)17-5-4-9(7-17)15(19)20/h2-3,6,9H,4-5,7H2,1H3,(H,19,20). The van der Waals surface area contributed by atoms with Gasteiger partial charge in [0.25, 0.3) is 5.91 Å². The molecule has 1 aromatic heterocycles. The fourth-order valence-corrected chi connectivity index (χ4v) is 3.05. The number of halogens is 1. The summed E-state index contributed by atoms with van der Waals surface area (Å²) in [5.74, 6) is -1.26. The second kappa shape index (κ2) is 5.18. The smallest absolute Gasteiger partial charge is 0.308 e. The molecule has 5 nitrogen and oxygen atoms in total. The zero-order valence-electron chi connectivity index (χ0n) is 11.4. The number of fused-ring (bicyclic) bond motifs is 1. The number of hydrogen-bond acceptors (Lipinski definition) is 3. The topological polar surface area (TPSA) is 70.8 Å². The molecule has 0 aliphatic carbocycles. The van der Waals surface area contributed by atoms with Crippen LogP contribution in [0.5, 0.6) is 0 Å². The van der Waals surface area contributed by atoms with Crippen molar-refractivity contribution in [2.24, 2.45) is 5.92 Å². The normalized spacial score (nSPS) is 18.4. The SMILES string of the molecule is Cc1c(C(=O)N2CCC(C(=O)O)C2)oc2ccc(Br)cc12. The van der Waals surface area contributed by atoms with Crippen LogP contribution >= 0.6 is 15.9 Å². The number of amides is 1. The van der Waals surface area contributed by atoms with E-state index in [9.17, 15) is 9.59 Å². The number of carbonyl (C=O) groups excluding carboxylic acids is 1. The number of carboxylic acid groups (broad SMARTS) is 1. The van der Waals surface area contributed by atoms with E-state index < -0.39 is 11.9 Å². The quantitative estimate of drug-likeness (QED) is 0.902. The van der Waals surface area contributed by atoms with Crippen LogP contribution in [0.1, 0.15) is 22.5 Å². The molecule has 2 heterocycles. The van der Waals surface area contributed by atoms with E-state index in [1.165, 1.54) is 0 Å². The summed E-state index contributed by atoms with van der Waals surface area (Å²) in [6.07, 6.45) is 0.492. The van der Waals surface area contributed by atoms with Crippen molar-refractivity contribution in [2.75, 3.05) is 13.1 Å². The molecule has 2 aromatic rings. The molecule has 1 atom stereocenters. The number of aliphatic carboxylic acids is 1. The Balaban J connectivity index is 1.92. The number of rotatable bonds is 2. The van der Waals surface area contributed by atoms with Gasteiger partial charge in [0.2, 0.25) is 0 Å². The minimum Gasteiger partial charge on any atom is -0.481 e. The Labute approximate surface area is 129 Å². The Kier molecular flexibility index (Phi) is 3.49. The molecule has 0 saturated carbocycles. The van der Waals surface area contributed by atoms with Crippen LogP contribution in [0, 0.1) is 12.8 Å². The summed E-state index contributed by atoms with van der Waals surface area (Å²) in [4.78, 5) is 25.1. The molecule has 3 rings (SSSR count). The maximum absolute atomic E-state index is 12.5. The van der Waals surface area contributed by atoms with Crippen molar-refractivity contribution >= 4 is 38.8 Å². The predicted octanol–water partition coefficient (Wildman–Crippen LogP) is 3.05. The lowest BCUT2D eigenvalue weighted by molar-refractivity contribution is -0.141. The first kappa shape index (κ1) is 14.1. The van der Waals surface area contributed by atoms with Gasteiger partial charge in [-0.15, -0.1) is 0 Å². The fraction of sp³-hybridized carbons (Fsp3) is 0.333. The molecule has 1 fully saturated rings. The molecule has 1 aromatic carbocycles. The van der Waals surface area contributed by atoms with Crippen molar-refractivity contribution in [1.82, 2.24) is 4.90 Å². The Morgan fingerprint density at radius 3 is 2.86 bits per heavy atom. The van der Waals surface area contributed by atoms with Crippen LogP contribution in [-0.4, -0.2) is 35.0 Å². The van der Waals surface area contributed by atoms with Crippen LogP contribution in [0.3, 0.4) is 0 Å². The van der Waals surface area contributed by atoms with Crippen LogP contribution in [0.4, 0.5) is 0 Å². The highest BCUT2D eigenvalue weighted by molar-refractivity contribution is 9.10. The van der Waals surface area contributed by atoms with Crippen molar-refractivity contribution in [3.8, 4) is 0 Å². The molecular weight excluding hydrogens is 338 g/mol. The number of benzene rings is 1. The Hall–Kier alpha value is -1.82. The van der Waals surface area contributed by atoms with E-state index in [4.69, 9.17) is 9.52 Å². The Morgan fingerprint density at radius 2 is 2.19 bits per heavy atom. The Bertz CT molecular complexity index is 737. The first-order valence-electron chi connectivity index (χ1n) is 6.68. The number of aryl methyl sites for hydroxylation is 1. The first-order valence-corrected chi connectivity index (χ1v) is 7.47. The van der Waals surface area contributed by atoms with E-state index in [1.807, 2.05) is 25.1 Å². The molecule has 0 spiro atoms. The monoisotopic (exact) mass is 351 g/mol. The average Bonchev–Trinajstić information content (AvgIpc) is 3.04. The summed E-state index contributed by atoms with van der Waals surface area (Å²) in [6.45, 7) is 2.54. The van der Waals surface area contributed by atoms with Gasteiger partial charge >= 0.3 is 5.97 Å². The molecule has 0 bridgehead atoms. The van der Waals surface area contributed by atoms with Gasteiger partial charge in [-0.1, -0.05) is 15.9 Å². The molecule has 6 heteroatoms. The minimum absolute atomic E-state index is 0.233. The van der Waals surface area contributed by atoms with Crippen LogP contribution < -0.4 is 0 Å². The highest BCUT2D eigenvalue weighted by atomic mass is 79.9. The van der Waals surface area contributed by atoms with E-state index in [2.05, 4.69) is 15.9 Å². The van der Waals surface area contributed by atoms with E-state index in [1.54, 1.807) is 4.90 Å². The van der Waals surface area contributed by atoms with Crippen LogP contribution in [-0.2, 0) is 4.79 Å². The summed E-state index contributed by atoms with van der Waals surface area (Å²) in [7, 11) is 0. The van der Waals surface area contributed by atoms with Crippen molar-refractivity contribution < 1.29 is 19.1 Å². The van der Waals surface area contributed by atoms with Gasteiger partial charge in [0.15, 0.2) is 5.76 Å². The van der Waals surface area contributed by atoms with Crippen molar-refractivity contribution in [3.63, 3.8) is 0 Å². The highest BCUT2D eigenvalue weighted by Crippen LogP contribution is 2.30. The Morgan fingerprint density at radius 1 is 1.43 bits per heavy atom. The predicted molar refractivity (Wildman–Crippen MR) is 80.3 cm³/mol. The molecule has 1 unspecified atom stereocenters. The third-order valence-electron chi connectivity index (χ3n) is 3.92. The molecule has 1 N–H and O–H groups in total. The molecule has 110 valence electrons. The van der Waals surface area contributed by atoms with Crippen molar-refractivity contribution in [1.29, 1.82) is 0 Å². The number of carbonyl (C=O) groups is 2. The van der Waals surface area contributed by atoms with Crippen molar-refractivity contribution in [2.45, 2.75) is 13.3 Å². The van der Waals surface area contributed by atoms with Gasteiger partial charge in [-0.3, -0.25) is 9.59 Å². The lowest BCUT2D eigenvalue weighted by Crippen LogP contribution is -2.30. The van der Waals surface area contributed by atoms with Crippen LogP contribution in [0.15, 0.2) is 27.1 Å². The van der Waals surface area contributed by atoms with Gasteiger partial charge in [0.05, 0.1) is 5.92 Å². The lowest BCUT2D eigenvalue weighted by atomic mass is 10.1. The van der Waals surface area contributed by atoms with E-state index in [-0.39, 0.29) is 12.5 Å². The molecule has 21 heavy (non-hydrogen) atoms. The molecule has 0 radical (unpaired) electrons. The summed E-state index contributed by atoms with van der Waals surface area (Å²) < 4.78 is 6.59. The number of nitrogens with zero attached hydrogens (tertiary/aromatic N) is 1. The summed E-state index contributed by atoms with van der Waals surface area (Å²) in [5.41, 5.74) is 1.45. The second-order valence-electron chi connectivity index (χ2n) is 5.27. The van der Waals surface area contributed by atoms with Crippen molar-refractivity contribution in [3.05, 3.63) is 34.0 Å². The van der Waals surface area contributed by atoms with Gasteiger partial charge in [0.1, 0.15) is 5.58 Å². The van der Waals surface area contributed by atoms with Gasteiger partial charge < -0.3 is 14.4 Å². The largest absolute Gasteiger partial charge is 0.481 e. The van der Waals surface area contributed by atoms with Gasteiger partial charge in [0, 0.05) is 28.5 Å². The van der Waals surface area contributed by atoms with Gasteiger partial charge in [-0.25, -0.2) is 0 Å². The molecule has 1 aliphatic rings.